The molecule has 0 fully saturated rings. The van der Waals surface area contributed by atoms with Crippen LogP contribution in [0, 0.1) is 0 Å². The van der Waals surface area contributed by atoms with Crippen LogP contribution in [0.15, 0.2) is 23.1 Å². The zero-order valence-corrected chi connectivity index (χ0v) is 10.3. The molecule has 0 spiro atoms. The molecule has 6 heteroatoms. The van der Waals surface area contributed by atoms with E-state index in [0.29, 0.717) is 5.75 Å². The maximum Gasteiger partial charge on any atom is 0.194 e. The highest BCUT2D eigenvalue weighted by Gasteiger charge is 2.19. The van der Waals surface area contributed by atoms with Crippen LogP contribution in [-0.2, 0) is 9.84 Å². The largest absolute Gasteiger partial charge is 0.497 e. The Morgan fingerprint density at radius 2 is 1.94 bits per heavy atom. The van der Waals surface area contributed by atoms with Crippen LogP contribution in [0.4, 0.5) is 0 Å². The molecule has 0 aliphatic carbocycles. The van der Waals surface area contributed by atoms with Crippen molar-refractivity contribution >= 4 is 9.84 Å². The number of hydrogen-bond donors (Lipinski definition) is 1. The fourth-order valence-electron chi connectivity index (χ4n) is 1.30. The van der Waals surface area contributed by atoms with Gasteiger partial charge in [-0.05, 0) is 19.2 Å². The summed E-state index contributed by atoms with van der Waals surface area (Å²) < 4.78 is 33.7. The Kier molecular flexibility index (Phi) is 4.14. The normalized spacial score (nSPS) is 11.2. The van der Waals surface area contributed by atoms with Crippen LogP contribution >= 0.6 is 0 Å². The van der Waals surface area contributed by atoms with Crippen molar-refractivity contribution in [3.8, 4) is 11.5 Å². The summed E-state index contributed by atoms with van der Waals surface area (Å²) >= 11 is 0. The van der Waals surface area contributed by atoms with E-state index in [1.807, 2.05) is 0 Å². The Hall–Kier alpha value is -1.27. The monoisotopic (exact) mass is 245 g/mol. The second-order valence-electron chi connectivity index (χ2n) is 3.13. The maximum absolute atomic E-state index is 11.8. The van der Waals surface area contributed by atoms with Gasteiger partial charge in [-0.25, -0.2) is 8.42 Å². The van der Waals surface area contributed by atoms with Gasteiger partial charge in [0.25, 0.3) is 0 Å². The Morgan fingerprint density at radius 1 is 1.25 bits per heavy atom. The first-order chi connectivity index (χ1) is 7.55. The first-order valence-corrected chi connectivity index (χ1v) is 6.29. The molecule has 0 saturated heterocycles. The van der Waals surface area contributed by atoms with E-state index in [4.69, 9.17) is 9.47 Å². The molecule has 0 amide bonds. The molecule has 5 nitrogen and oxygen atoms in total. The van der Waals surface area contributed by atoms with Crippen LogP contribution in [0.2, 0.25) is 0 Å². The van der Waals surface area contributed by atoms with E-state index in [9.17, 15) is 8.42 Å². The van der Waals surface area contributed by atoms with Gasteiger partial charge in [-0.2, -0.15) is 0 Å². The third-order valence-electron chi connectivity index (χ3n) is 2.04. The summed E-state index contributed by atoms with van der Waals surface area (Å²) in [4.78, 5) is 0.158. The lowest BCUT2D eigenvalue weighted by Gasteiger charge is -2.10. The lowest BCUT2D eigenvalue weighted by Crippen LogP contribution is -2.19. The Morgan fingerprint density at radius 3 is 2.44 bits per heavy atom. The number of rotatable bonds is 5. The average molecular weight is 245 g/mol. The summed E-state index contributed by atoms with van der Waals surface area (Å²) in [6.07, 6.45) is 0. The number of ether oxygens (including phenoxy) is 2. The minimum Gasteiger partial charge on any atom is -0.497 e. The first-order valence-electron chi connectivity index (χ1n) is 4.64. The van der Waals surface area contributed by atoms with Crippen molar-refractivity contribution in [3.63, 3.8) is 0 Å². The quantitative estimate of drug-likeness (QED) is 0.825. The standard InChI is InChI=1S/C10H15NO4S/c1-11-7-16(12,13)10-5-4-8(14-2)6-9(10)15-3/h4-6,11H,7H2,1-3H3. The summed E-state index contributed by atoms with van der Waals surface area (Å²) in [5.74, 6) is 0.713. The van der Waals surface area contributed by atoms with E-state index in [0.717, 1.165) is 0 Å². The second kappa shape index (κ2) is 5.18. The molecular weight excluding hydrogens is 230 g/mol. The molecule has 0 atom stereocenters. The Balaban J connectivity index is 3.24. The van der Waals surface area contributed by atoms with E-state index in [1.165, 1.54) is 20.3 Å². The number of benzene rings is 1. The second-order valence-corrected chi connectivity index (χ2v) is 5.09. The van der Waals surface area contributed by atoms with E-state index >= 15 is 0 Å². The lowest BCUT2D eigenvalue weighted by molar-refractivity contribution is 0.386. The van der Waals surface area contributed by atoms with Crippen molar-refractivity contribution in [1.82, 2.24) is 5.32 Å². The highest BCUT2D eigenvalue weighted by atomic mass is 32.2. The number of nitrogens with one attached hydrogen (secondary N) is 1. The smallest absolute Gasteiger partial charge is 0.194 e. The van der Waals surface area contributed by atoms with Gasteiger partial charge < -0.3 is 14.8 Å². The molecule has 1 aromatic carbocycles. The molecule has 0 radical (unpaired) electrons. The summed E-state index contributed by atoms with van der Waals surface area (Å²) in [5.41, 5.74) is 0. The fraction of sp³-hybridized carbons (Fsp3) is 0.400. The van der Waals surface area contributed by atoms with Gasteiger partial charge >= 0.3 is 0 Å². The SMILES string of the molecule is CNCS(=O)(=O)c1ccc(OC)cc1OC. The van der Waals surface area contributed by atoms with Gasteiger partial charge in [0, 0.05) is 6.07 Å². The summed E-state index contributed by atoms with van der Waals surface area (Å²) in [5, 5.41) is 2.61. The zero-order chi connectivity index (χ0) is 12.2. The van der Waals surface area contributed by atoms with E-state index in [2.05, 4.69) is 5.32 Å². The van der Waals surface area contributed by atoms with Crippen molar-refractivity contribution < 1.29 is 17.9 Å². The minimum atomic E-state index is -3.37. The molecule has 1 aromatic rings. The molecule has 16 heavy (non-hydrogen) atoms. The Bertz CT molecular complexity index is 456. The number of hydrogen-bond acceptors (Lipinski definition) is 5. The van der Waals surface area contributed by atoms with Gasteiger partial charge in [0.1, 0.15) is 22.3 Å². The van der Waals surface area contributed by atoms with Gasteiger partial charge in [-0.3, -0.25) is 0 Å². The van der Waals surface area contributed by atoms with E-state index in [-0.39, 0.29) is 16.5 Å². The molecule has 0 unspecified atom stereocenters. The van der Waals surface area contributed by atoms with Crippen LogP contribution in [0.5, 0.6) is 11.5 Å². The van der Waals surface area contributed by atoms with Gasteiger partial charge in [0.05, 0.1) is 14.2 Å². The maximum atomic E-state index is 11.8. The number of methoxy groups -OCH3 is 2. The molecule has 0 aliphatic rings. The van der Waals surface area contributed by atoms with Crippen molar-refractivity contribution in [2.24, 2.45) is 0 Å². The van der Waals surface area contributed by atoms with Gasteiger partial charge in [-0.1, -0.05) is 0 Å². The molecule has 0 aromatic heterocycles. The van der Waals surface area contributed by atoms with Crippen LogP contribution in [0.25, 0.3) is 0 Å². The zero-order valence-electron chi connectivity index (χ0n) is 9.48. The predicted octanol–water partition coefficient (Wildman–Crippen LogP) is 0.654. The van der Waals surface area contributed by atoms with Crippen molar-refractivity contribution in [3.05, 3.63) is 18.2 Å². The summed E-state index contributed by atoms with van der Waals surface area (Å²) in [6.45, 7) is 0. The van der Waals surface area contributed by atoms with Gasteiger partial charge in [0.15, 0.2) is 9.84 Å². The molecular formula is C10H15NO4S. The summed E-state index contributed by atoms with van der Waals surface area (Å²) in [6, 6.07) is 4.61. The van der Waals surface area contributed by atoms with Crippen molar-refractivity contribution in [2.75, 3.05) is 27.1 Å². The van der Waals surface area contributed by atoms with Crippen LogP contribution in [0.1, 0.15) is 0 Å². The minimum absolute atomic E-state index is 0.129. The topological polar surface area (TPSA) is 64.6 Å². The van der Waals surface area contributed by atoms with Gasteiger partial charge in [-0.15, -0.1) is 0 Å². The third kappa shape index (κ3) is 2.65. The highest BCUT2D eigenvalue weighted by molar-refractivity contribution is 7.91. The summed E-state index contributed by atoms with van der Waals surface area (Å²) in [7, 11) is 1.14. The molecule has 0 saturated carbocycles. The van der Waals surface area contributed by atoms with E-state index in [1.54, 1.807) is 19.2 Å². The first kappa shape index (κ1) is 12.8. The molecule has 1 rings (SSSR count). The van der Waals surface area contributed by atoms with Gasteiger partial charge in [0.2, 0.25) is 0 Å². The van der Waals surface area contributed by atoms with Crippen molar-refractivity contribution in [2.45, 2.75) is 4.90 Å². The van der Waals surface area contributed by atoms with Crippen LogP contribution < -0.4 is 14.8 Å². The molecule has 0 bridgehead atoms. The number of sulfone groups is 1. The predicted molar refractivity (Wildman–Crippen MR) is 60.7 cm³/mol. The van der Waals surface area contributed by atoms with Crippen LogP contribution in [-0.4, -0.2) is 35.6 Å². The average Bonchev–Trinajstić information content (AvgIpc) is 2.28. The highest BCUT2D eigenvalue weighted by Crippen LogP contribution is 2.28. The molecule has 0 aliphatic heterocycles. The molecule has 0 heterocycles. The van der Waals surface area contributed by atoms with Crippen LogP contribution in [0.3, 0.4) is 0 Å². The molecule has 90 valence electrons. The third-order valence-corrected chi connectivity index (χ3v) is 3.72. The lowest BCUT2D eigenvalue weighted by atomic mass is 10.3. The molecule has 1 N–H and O–H groups in total. The fourth-order valence-corrected chi connectivity index (χ4v) is 2.56. The van der Waals surface area contributed by atoms with E-state index < -0.39 is 9.84 Å². The Labute approximate surface area is 95.3 Å². The van der Waals surface area contributed by atoms with Crippen molar-refractivity contribution in [1.29, 1.82) is 0 Å².